The van der Waals surface area contributed by atoms with E-state index in [2.05, 4.69) is 5.32 Å². The van der Waals surface area contributed by atoms with Crippen molar-refractivity contribution in [2.24, 2.45) is 0 Å². The van der Waals surface area contributed by atoms with Crippen LogP contribution < -0.4 is 5.32 Å². The molecule has 2 atom stereocenters. The Labute approximate surface area is 102 Å². The molecule has 1 amide bonds. The number of nitrogens with zero attached hydrogens (tertiary/aromatic N) is 1. The van der Waals surface area contributed by atoms with Crippen LogP contribution in [0.4, 0.5) is 0 Å². The van der Waals surface area contributed by atoms with E-state index in [1.807, 2.05) is 6.92 Å². The van der Waals surface area contributed by atoms with Crippen LogP contribution in [0.2, 0.25) is 0 Å². The van der Waals surface area contributed by atoms with Gasteiger partial charge in [0.15, 0.2) is 0 Å². The molecule has 5 heteroatoms. The maximum Gasteiger partial charge on any atom is 0.254 e. The minimum absolute atomic E-state index is 0.0182. The highest BCUT2D eigenvalue weighted by Crippen LogP contribution is 2.27. The van der Waals surface area contributed by atoms with Crippen LogP contribution in [0, 0.1) is 0 Å². The number of nitrogens with one attached hydrogen (secondary N) is 1. The number of β-amino-alcohol motifs (C(OH)–C–C–N with tert-alkyl or cyclic N) is 1. The van der Waals surface area contributed by atoms with E-state index in [9.17, 15) is 9.90 Å². The Morgan fingerprint density at radius 2 is 2.29 bits per heavy atom. The van der Waals surface area contributed by atoms with Crippen LogP contribution in [-0.4, -0.2) is 60.4 Å². The minimum atomic E-state index is -0.778. The van der Waals surface area contributed by atoms with Gasteiger partial charge in [0, 0.05) is 20.2 Å². The number of hydrogen-bond acceptors (Lipinski definition) is 4. The number of ether oxygens (including phenoxy) is 1. The van der Waals surface area contributed by atoms with E-state index >= 15 is 0 Å². The molecule has 2 rings (SSSR count). The molecule has 2 fully saturated rings. The molecular weight excluding hydrogens is 220 g/mol. The highest BCUT2D eigenvalue weighted by Gasteiger charge is 2.42. The van der Waals surface area contributed by atoms with Crippen LogP contribution in [0.1, 0.15) is 26.2 Å². The Hall–Kier alpha value is -0.650. The summed E-state index contributed by atoms with van der Waals surface area (Å²) in [7, 11) is 1.74. The molecule has 0 saturated carbocycles. The summed E-state index contributed by atoms with van der Waals surface area (Å²) in [5, 5.41) is 13.4. The van der Waals surface area contributed by atoms with Gasteiger partial charge in [0.05, 0.1) is 12.1 Å². The summed E-state index contributed by atoms with van der Waals surface area (Å²) in [5.74, 6) is -0.0182. The fourth-order valence-electron chi connectivity index (χ4n) is 2.73. The Bertz CT molecular complexity index is 294. The maximum atomic E-state index is 12.3. The van der Waals surface area contributed by atoms with Crippen molar-refractivity contribution in [3.05, 3.63) is 0 Å². The third-order valence-electron chi connectivity index (χ3n) is 3.77. The molecular formula is C12H22N2O3. The number of hydrogen-bond donors (Lipinski definition) is 2. The zero-order valence-electron chi connectivity index (χ0n) is 10.7. The van der Waals surface area contributed by atoms with Gasteiger partial charge < -0.3 is 20.1 Å². The lowest BCUT2D eigenvalue weighted by atomic mass is 9.98. The fourth-order valence-corrected chi connectivity index (χ4v) is 2.73. The van der Waals surface area contributed by atoms with Gasteiger partial charge in [-0.3, -0.25) is 4.79 Å². The Kier molecular flexibility index (Phi) is 3.43. The van der Waals surface area contributed by atoms with Crippen molar-refractivity contribution in [3.8, 4) is 0 Å². The predicted molar refractivity (Wildman–Crippen MR) is 63.7 cm³/mol. The topological polar surface area (TPSA) is 61.8 Å². The standard InChI is InChI=1S/C12H22N2O3/c1-11(4-3-7-17-11)10(15)14(2)9-12(16)5-6-13-8-12/h13,16H,3-9H2,1-2H3. The second-order valence-electron chi connectivity index (χ2n) is 5.50. The van der Waals surface area contributed by atoms with Gasteiger partial charge in [0.2, 0.25) is 0 Å². The van der Waals surface area contributed by atoms with Crippen LogP contribution >= 0.6 is 0 Å². The zero-order valence-corrected chi connectivity index (χ0v) is 10.7. The molecule has 5 nitrogen and oxygen atoms in total. The Balaban J connectivity index is 1.95. The molecule has 2 saturated heterocycles. The molecule has 2 heterocycles. The lowest BCUT2D eigenvalue weighted by molar-refractivity contribution is -0.152. The molecule has 0 bridgehead atoms. The van der Waals surface area contributed by atoms with Crippen molar-refractivity contribution in [2.75, 3.05) is 33.3 Å². The van der Waals surface area contributed by atoms with E-state index in [1.54, 1.807) is 11.9 Å². The van der Waals surface area contributed by atoms with Crippen molar-refractivity contribution < 1.29 is 14.6 Å². The Morgan fingerprint density at radius 3 is 2.82 bits per heavy atom. The summed E-state index contributed by atoms with van der Waals surface area (Å²) >= 11 is 0. The molecule has 98 valence electrons. The van der Waals surface area contributed by atoms with Crippen molar-refractivity contribution in [1.29, 1.82) is 0 Å². The van der Waals surface area contributed by atoms with Gasteiger partial charge in [-0.2, -0.15) is 0 Å². The van der Waals surface area contributed by atoms with Crippen molar-refractivity contribution in [2.45, 2.75) is 37.4 Å². The van der Waals surface area contributed by atoms with Crippen molar-refractivity contribution in [3.63, 3.8) is 0 Å². The first-order valence-electron chi connectivity index (χ1n) is 6.28. The molecule has 0 radical (unpaired) electrons. The molecule has 17 heavy (non-hydrogen) atoms. The smallest absolute Gasteiger partial charge is 0.254 e. The summed E-state index contributed by atoms with van der Waals surface area (Å²) < 4.78 is 5.53. The second-order valence-corrected chi connectivity index (χ2v) is 5.50. The zero-order chi connectivity index (χ0) is 12.5. The van der Waals surface area contributed by atoms with Gasteiger partial charge in [-0.25, -0.2) is 0 Å². The third kappa shape index (κ3) is 2.61. The SMILES string of the molecule is CN(CC1(O)CCNC1)C(=O)C1(C)CCCO1. The average Bonchev–Trinajstić information content (AvgIpc) is 2.87. The number of carbonyl (C=O) groups is 1. The van der Waals surface area contributed by atoms with Crippen LogP contribution in [0.3, 0.4) is 0 Å². The maximum absolute atomic E-state index is 12.3. The molecule has 2 N–H and O–H groups in total. The molecule has 0 aliphatic carbocycles. The summed E-state index contributed by atoms with van der Waals surface area (Å²) in [4.78, 5) is 13.9. The molecule has 0 aromatic heterocycles. The quantitative estimate of drug-likeness (QED) is 0.716. The van der Waals surface area contributed by atoms with Crippen molar-refractivity contribution in [1.82, 2.24) is 10.2 Å². The fraction of sp³-hybridized carbons (Fsp3) is 0.917. The van der Waals surface area contributed by atoms with Gasteiger partial charge >= 0.3 is 0 Å². The summed E-state index contributed by atoms with van der Waals surface area (Å²) in [5.41, 5.74) is -1.46. The highest BCUT2D eigenvalue weighted by atomic mass is 16.5. The van der Waals surface area contributed by atoms with Gasteiger partial charge in [-0.1, -0.05) is 0 Å². The molecule has 2 aliphatic heterocycles. The number of likely N-dealkylation sites (N-methyl/N-ethyl adjacent to an activating group) is 1. The average molecular weight is 242 g/mol. The van der Waals surface area contributed by atoms with E-state index in [1.165, 1.54) is 0 Å². The van der Waals surface area contributed by atoms with Gasteiger partial charge in [-0.15, -0.1) is 0 Å². The first kappa shape index (κ1) is 12.8. The van der Waals surface area contributed by atoms with E-state index in [0.29, 0.717) is 26.1 Å². The van der Waals surface area contributed by atoms with Gasteiger partial charge in [0.25, 0.3) is 5.91 Å². The monoisotopic (exact) mass is 242 g/mol. The third-order valence-corrected chi connectivity index (χ3v) is 3.77. The van der Waals surface area contributed by atoms with Gasteiger partial charge in [-0.05, 0) is 32.7 Å². The lowest BCUT2D eigenvalue weighted by Gasteiger charge is -2.33. The van der Waals surface area contributed by atoms with E-state index in [0.717, 1.165) is 19.4 Å². The summed E-state index contributed by atoms with van der Waals surface area (Å²) in [6.07, 6.45) is 2.40. The largest absolute Gasteiger partial charge is 0.387 e. The highest BCUT2D eigenvalue weighted by molar-refractivity contribution is 5.85. The molecule has 0 aromatic rings. The van der Waals surface area contributed by atoms with Crippen LogP contribution in [0.25, 0.3) is 0 Å². The molecule has 2 aliphatic rings. The van der Waals surface area contributed by atoms with Gasteiger partial charge in [0.1, 0.15) is 5.60 Å². The van der Waals surface area contributed by atoms with Crippen LogP contribution in [-0.2, 0) is 9.53 Å². The number of carbonyl (C=O) groups excluding carboxylic acids is 1. The summed E-state index contributed by atoms with van der Waals surface area (Å²) in [6.45, 7) is 4.24. The van der Waals surface area contributed by atoms with E-state index in [-0.39, 0.29) is 5.91 Å². The van der Waals surface area contributed by atoms with Crippen LogP contribution in [0.15, 0.2) is 0 Å². The number of rotatable bonds is 3. The lowest BCUT2D eigenvalue weighted by Crippen LogP contribution is -2.51. The summed E-state index contributed by atoms with van der Waals surface area (Å²) in [6, 6.07) is 0. The minimum Gasteiger partial charge on any atom is -0.387 e. The normalized spacial score (nSPS) is 37.4. The van der Waals surface area contributed by atoms with Crippen molar-refractivity contribution >= 4 is 5.91 Å². The molecule has 0 spiro atoms. The first-order valence-corrected chi connectivity index (χ1v) is 6.28. The van der Waals surface area contributed by atoms with Crippen LogP contribution in [0.5, 0.6) is 0 Å². The molecule has 2 unspecified atom stereocenters. The van der Waals surface area contributed by atoms with E-state index < -0.39 is 11.2 Å². The first-order chi connectivity index (χ1) is 7.95. The number of amides is 1. The predicted octanol–water partition coefficient (Wildman–Crippen LogP) is -0.262. The second kappa shape index (κ2) is 4.55. The molecule has 0 aromatic carbocycles. The number of aliphatic hydroxyl groups is 1. The Morgan fingerprint density at radius 1 is 1.53 bits per heavy atom. The van der Waals surface area contributed by atoms with E-state index in [4.69, 9.17) is 4.74 Å².